The van der Waals surface area contributed by atoms with E-state index in [-0.39, 0.29) is 17.5 Å². The molecule has 0 aliphatic carbocycles. The Labute approximate surface area is 185 Å². The summed E-state index contributed by atoms with van der Waals surface area (Å²) in [7, 11) is -3.78. The molecule has 1 atom stereocenters. The third-order valence-corrected chi connectivity index (χ3v) is 7.25. The molecule has 0 bridgehead atoms. The van der Waals surface area contributed by atoms with Crippen LogP contribution in [0.1, 0.15) is 25.7 Å². The molecule has 0 saturated carbocycles. The van der Waals surface area contributed by atoms with Crippen LogP contribution >= 0.6 is 11.6 Å². The van der Waals surface area contributed by atoms with Crippen molar-refractivity contribution in [2.24, 2.45) is 0 Å². The number of amides is 2. The molecule has 0 aromatic heterocycles. The molecule has 2 amide bonds. The van der Waals surface area contributed by atoms with E-state index in [1.54, 1.807) is 18.2 Å². The number of nitrogens with one attached hydrogen (secondary N) is 2. The van der Waals surface area contributed by atoms with Gasteiger partial charge in [0, 0.05) is 29.8 Å². The lowest BCUT2D eigenvalue weighted by Crippen LogP contribution is -2.45. The van der Waals surface area contributed by atoms with E-state index in [1.165, 1.54) is 22.5 Å². The number of sulfonamides is 1. The van der Waals surface area contributed by atoms with Crippen LogP contribution in [0.25, 0.3) is 0 Å². The van der Waals surface area contributed by atoms with E-state index in [1.807, 2.05) is 0 Å². The minimum atomic E-state index is -3.78. The van der Waals surface area contributed by atoms with E-state index in [0.717, 1.165) is 25.0 Å². The van der Waals surface area contributed by atoms with Gasteiger partial charge in [0.25, 0.3) is 0 Å². The van der Waals surface area contributed by atoms with Gasteiger partial charge in [-0.15, -0.1) is 0 Å². The molecule has 10 heteroatoms. The maximum Gasteiger partial charge on any atom is 0.313 e. The number of carbonyl (C=O) groups is 2. The monoisotopic (exact) mass is 467 g/mol. The first-order chi connectivity index (χ1) is 14.8. The minimum Gasteiger partial charge on any atom is -0.348 e. The summed E-state index contributed by atoms with van der Waals surface area (Å²) in [5.41, 5.74) is 0.400. The fourth-order valence-electron chi connectivity index (χ4n) is 3.51. The van der Waals surface area contributed by atoms with E-state index in [2.05, 4.69) is 10.6 Å². The lowest BCUT2D eigenvalue weighted by atomic mass is 10.0. The molecule has 31 heavy (non-hydrogen) atoms. The van der Waals surface area contributed by atoms with Gasteiger partial charge in [0.2, 0.25) is 10.0 Å². The van der Waals surface area contributed by atoms with Crippen LogP contribution in [0.3, 0.4) is 0 Å². The summed E-state index contributed by atoms with van der Waals surface area (Å²) < 4.78 is 40.5. The second-order valence-corrected chi connectivity index (χ2v) is 9.56. The topological polar surface area (TPSA) is 95.6 Å². The van der Waals surface area contributed by atoms with Crippen LogP contribution < -0.4 is 10.6 Å². The summed E-state index contributed by atoms with van der Waals surface area (Å²) in [6.07, 6.45) is 2.59. The number of hydrogen-bond donors (Lipinski definition) is 2. The number of halogens is 2. The first-order valence-electron chi connectivity index (χ1n) is 9.89. The predicted octanol–water partition coefficient (Wildman–Crippen LogP) is 3.17. The first-order valence-corrected chi connectivity index (χ1v) is 11.7. The van der Waals surface area contributed by atoms with Gasteiger partial charge in [0.15, 0.2) is 0 Å². The van der Waals surface area contributed by atoms with Crippen molar-refractivity contribution < 1.29 is 22.4 Å². The molecule has 7 nitrogen and oxygen atoms in total. The molecule has 1 saturated heterocycles. The molecule has 1 heterocycles. The van der Waals surface area contributed by atoms with E-state index in [4.69, 9.17) is 11.6 Å². The van der Waals surface area contributed by atoms with E-state index < -0.39 is 27.7 Å². The third-order valence-electron chi connectivity index (χ3n) is 5.05. The van der Waals surface area contributed by atoms with Gasteiger partial charge in [-0.3, -0.25) is 9.59 Å². The molecule has 2 N–H and O–H groups in total. The quantitative estimate of drug-likeness (QED) is 0.638. The Balaban J connectivity index is 1.57. The third kappa shape index (κ3) is 6.03. The Morgan fingerprint density at radius 2 is 1.84 bits per heavy atom. The van der Waals surface area contributed by atoms with Gasteiger partial charge in [0.1, 0.15) is 5.82 Å². The van der Waals surface area contributed by atoms with Gasteiger partial charge in [-0.25, -0.2) is 12.8 Å². The Kier molecular flexibility index (Phi) is 7.64. The summed E-state index contributed by atoms with van der Waals surface area (Å²) in [5.74, 6) is -2.15. The van der Waals surface area contributed by atoms with Crippen molar-refractivity contribution >= 4 is 39.1 Å². The number of nitrogens with zero attached hydrogens (tertiary/aromatic N) is 1. The molecular weight excluding hydrogens is 445 g/mol. The highest BCUT2D eigenvalue weighted by molar-refractivity contribution is 7.89. The summed E-state index contributed by atoms with van der Waals surface area (Å²) in [6.45, 7) is 0.496. The lowest BCUT2D eigenvalue weighted by molar-refractivity contribution is -0.136. The highest BCUT2D eigenvalue weighted by atomic mass is 35.5. The molecule has 1 fully saturated rings. The van der Waals surface area contributed by atoms with Crippen LogP contribution in [-0.2, 0) is 19.6 Å². The number of hydrogen-bond acceptors (Lipinski definition) is 4. The van der Waals surface area contributed by atoms with Gasteiger partial charge in [-0.2, -0.15) is 4.31 Å². The van der Waals surface area contributed by atoms with Crippen LogP contribution in [0, 0.1) is 5.82 Å². The number of benzene rings is 2. The Morgan fingerprint density at radius 1 is 1.10 bits per heavy atom. The molecule has 2 aromatic carbocycles. The fourth-order valence-corrected chi connectivity index (χ4v) is 5.42. The number of carbonyl (C=O) groups excluding carboxylic acids is 2. The average Bonchev–Trinajstić information content (AvgIpc) is 2.74. The van der Waals surface area contributed by atoms with Gasteiger partial charge >= 0.3 is 11.8 Å². The first kappa shape index (κ1) is 23.2. The van der Waals surface area contributed by atoms with Crippen LogP contribution in [0.4, 0.5) is 10.1 Å². The Hall–Kier alpha value is -2.49. The van der Waals surface area contributed by atoms with E-state index in [0.29, 0.717) is 30.1 Å². The molecule has 0 radical (unpaired) electrons. The van der Waals surface area contributed by atoms with Crippen molar-refractivity contribution in [2.45, 2.75) is 36.6 Å². The largest absolute Gasteiger partial charge is 0.348 e. The number of piperidine rings is 1. The standard InChI is InChI=1S/C21H23ClFN3O4S/c22-15-4-3-5-17(14-15)25-21(28)20(27)24-12-11-18-6-1-2-13-26(18)31(29,30)19-9-7-16(23)8-10-19/h3-5,7-10,14,18H,1-2,6,11-13H2,(H,24,27)(H,25,28)/t18-/m0/s1. The Bertz CT molecular complexity index is 1050. The van der Waals surface area contributed by atoms with Gasteiger partial charge in [-0.05, 0) is 61.7 Å². The van der Waals surface area contributed by atoms with Crippen LogP contribution in [0.2, 0.25) is 5.02 Å². The molecule has 3 rings (SSSR count). The number of rotatable bonds is 6. The van der Waals surface area contributed by atoms with E-state index in [9.17, 15) is 22.4 Å². The van der Waals surface area contributed by atoms with Crippen molar-refractivity contribution in [2.75, 3.05) is 18.4 Å². The molecule has 0 spiro atoms. The van der Waals surface area contributed by atoms with E-state index >= 15 is 0 Å². The highest BCUT2D eigenvalue weighted by Crippen LogP contribution is 2.27. The lowest BCUT2D eigenvalue weighted by Gasteiger charge is -2.34. The second kappa shape index (κ2) is 10.2. The molecule has 2 aromatic rings. The average molecular weight is 468 g/mol. The SMILES string of the molecule is O=C(NCC[C@@H]1CCCCN1S(=O)(=O)c1ccc(F)cc1)C(=O)Nc1cccc(Cl)c1. The summed E-state index contributed by atoms with van der Waals surface area (Å²) >= 11 is 5.86. The van der Waals surface area contributed by atoms with Gasteiger partial charge < -0.3 is 10.6 Å². The van der Waals surface area contributed by atoms with Crippen molar-refractivity contribution in [1.29, 1.82) is 0 Å². The minimum absolute atomic E-state index is 0.0331. The zero-order valence-electron chi connectivity index (χ0n) is 16.7. The summed E-state index contributed by atoms with van der Waals surface area (Å²) in [5, 5.41) is 5.42. The Morgan fingerprint density at radius 3 is 2.55 bits per heavy atom. The van der Waals surface area contributed by atoms with Crippen molar-refractivity contribution in [1.82, 2.24) is 9.62 Å². The van der Waals surface area contributed by atoms with Crippen molar-refractivity contribution in [3.05, 3.63) is 59.4 Å². The molecule has 166 valence electrons. The molecule has 1 aliphatic rings. The maximum absolute atomic E-state index is 13.2. The van der Waals surface area contributed by atoms with Gasteiger partial charge in [-0.1, -0.05) is 24.1 Å². The molecule has 0 unspecified atom stereocenters. The maximum atomic E-state index is 13.2. The second-order valence-electron chi connectivity index (χ2n) is 7.23. The molecule has 1 aliphatic heterocycles. The fraction of sp³-hybridized carbons (Fsp3) is 0.333. The number of anilines is 1. The normalized spacial score (nSPS) is 17.2. The van der Waals surface area contributed by atoms with Crippen LogP contribution in [0.15, 0.2) is 53.4 Å². The van der Waals surface area contributed by atoms with Crippen molar-refractivity contribution in [3.63, 3.8) is 0 Å². The molecular formula is C21H23ClFN3O4S. The van der Waals surface area contributed by atoms with Crippen molar-refractivity contribution in [3.8, 4) is 0 Å². The summed E-state index contributed by atoms with van der Waals surface area (Å²) in [4.78, 5) is 24.2. The summed E-state index contributed by atoms with van der Waals surface area (Å²) in [6, 6.07) is 10.8. The highest BCUT2D eigenvalue weighted by Gasteiger charge is 2.33. The van der Waals surface area contributed by atoms with Crippen LogP contribution in [-0.4, -0.2) is 43.7 Å². The smallest absolute Gasteiger partial charge is 0.313 e. The van der Waals surface area contributed by atoms with Gasteiger partial charge in [0.05, 0.1) is 4.90 Å². The zero-order valence-corrected chi connectivity index (χ0v) is 18.3. The van der Waals surface area contributed by atoms with Crippen LogP contribution in [0.5, 0.6) is 0 Å². The zero-order chi connectivity index (χ0) is 22.4. The predicted molar refractivity (Wildman–Crippen MR) is 116 cm³/mol.